The molecule has 3 rings (SSSR count). The molecule has 14 heavy (non-hydrogen) atoms. The third-order valence-electron chi connectivity index (χ3n) is 4.66. The molecule has 3 nitrogen and oxygen atoms in total. The van der Waals surface area contributed by atoms with Gasteiger partial charge in [-0.3, -0.25) is 4.79 Å². The van der Waals surface area contributed by atoms with Gasteiger partial charge in [-0.1, -0.05) is 13.8 Å². The summed E-state index contributed by atoms with van der Waals surface area (Å²) < 4.78 is 0. The highest BCUT2D eigenvalue weighted by Gasteiger charge is 2.59. The summed E-state index contributed by atoms with van der Waals surface area (Å²) in [5, 5.41) is 9.21. The molecule has 3 heteroatoms. The molecule has 3 aliphatic rings. The van der Waals surface area contributed by atoms with Gasteiger partial charge in [0.2, 0.25) is 0 Å². The van der Waals surface area contributed by atoms with Crippen LogP contribution in [0.15, 0.2) is 0 Å². The molecule has 3 saturated carbocycles. The van der Waals surface area contributed by atoms with Crippen LogP contribution in [0.25, 0.3) is 0 Å². The van der Waals surface area contributed by atoms with Crippen LogP contribution in [0.4, 0.5) is 0 Å². The van der Waals surface area contributed by atoms with Gasteiger partial charge >= 0.3 is 5.97 Å². The molecule has 0 aliphatic heterocycles. The molecule has 0 aromatic rings. The predicted molar refractivity (Wildman–Crippen MR) is 53.7 cm³/mol. The molecule has 3 aliphatic carbocycles. The summed E-state index contributed by atoms with van der Waals surface area (Å²) in [7, 11) is 0. The van der Waals surface area contributed by atoms with Crippen LogP contribution in [0.1, 0.15) is 26.7 Å². The molecule has 0 spiro atoms. The van der Waals surface area contributed by atoms with Crippen molar-refractivity contribution >= 4 is 5.97 Å². The number of hydrogen-bond acceptors (Lipinski definition) is 2. The van der Waals surface area contributed by atoms with E-state index in [1.54, 1.807) is 0 Å². The first-order valence-corrected chi connectivity index (χ1v) is 5.41. The van der Waals surface area contributed by atoms with E-state index in [1.165, 1.54) is 0 Å². The Morgan fingerprint density at radius 3 is 2.57 bits per heavy atom. The van der Waals surface area contributed by atoms with E-state index in [2.05, 4.69) is 13.8 Å². The second-order valence-corrected chi connectivity index (χ2v) is 5.46. The molecule has 0 radical (unpaired) electrons. The Morgan fingerprint density at radius 1 is 1.50 bits per heavy atom. The van der Waals surface area contributed by atoms with Crippen LogP contribution in [0, 0.1) is 29.1 Å². The number of carboxylic acid groups (broad SMARTS) is 1. The van der Waals surface area contributed by atoms with Gasteiger partial charge in [0, 0.05) is 0 Å². The number of rotatable bonds is 2. The van der Waals surface area contributed by atoms with Crippen molar-refractivity contribution in [1.29, 1.82) is 0 Å². The average molecular weight is 197 g/mol. The van der Waals surface area contributed by atoms with Crippen molar-refractivity contribution < 1.29 is 9.90 Å². The molecule has 0 heterocycles. The van der Waals surface area contributed by atoms with Crippen molar-refractivity contribution in [3.8, 4) is 0 Å². The van der Waals surface area contributed by atoms with Gasteiger partial charge in [0.25, 0.3) is 0 Å². The molecule has 2 bridgehead atoms. The summed E-state index contributed by atoms with van der Waals surface area (Å²) in [4.78, 5) is 11.2. The Kier molecular flexibility index (Phi) is 2.11. The number of hydrogen-bond donors (Lipinski definition) is 2. The standard InChI is InChI=1S/C11H19NO2/c1-11(2)7-3-6(5-12)9(10(13)14)8(11)4-7/h6-9H,3-5,12H2,1-2H3,(H,13,14)/t6-,7+,8+,9-/m1/s1. The van der Waals surface area contributed by atoms with E-state index in [1.807, 2.05) is 0 Å². The second-order valence-electron chi connectivity index (χ2n) is 5.46. The van der Waals surface area contributed by atoms with E-state index in [-0.39, 0.29) is 17.3 Å². The fourth-order valence-corrected chi connectivity index (χ4v) is 3.52. The zero-order valence-corrected chi connectivity index (χ0v) is 8.86. The van der Waals surface area contributed by atoms with Crippen LogP contribution in [0.5, 0.6) is 0 Å². The zero-order valence-electron chi connectivity index (χ0n) is 8.86. The van der Waals surface area contributed by atoms with Gasteiger partial charge in [-0.15, -0.1) is 0 Å². The molecule has 3 N–H and O–H groups in total. The first-order chi connectivity index (χ1) is 6.48. The van der Waals surface area contributed by atoms with Gasteiger partial charge in [0.05, 0.1) is 5.92 Å². The fraction of sp³-hybridized carbons (Fsp3) is 0.909. The Balaban J connectivity index is 2.21. The summed E-state index contributed by atoms with van der Waals surface area (Å²) in [6, 6.07) is 0. The van der Waals surface area contributed by atoms with Crippen LogP contribution >= 0.6 is 0 Å². The lowest BCUT2D eigenvalue weighted by molar-refractivity contribution is -0.174. The summed E-state index contributed by atoms with van der Waals surface area (Å²) >= 11 is 0. The first kappa shape index (κ1) is 9.97. The molecule has 4 atom stereocenters. The van der Waals surface area contributed by atoms with Gasteiger partial charge in [-0.2, -0.15) is 0 Å². The molecular formula is C11H19NO2. The smallest absolute Gasteiger partial charge is 0.307 e. The normalized spacial score (nSPS) is 44.2. The van der Waals surface area contributed by atoms with Crippen LogP contribution in [-0.2, 0) is 4.79 Å². The maximum atomic E-state index is 11.2. The van der Waals surface area contributed by atoms with Crippen LogP contribution < -0.4 is 5.73 Å². The lowest BCUT2D eigenvalue weighted by Gasteiger charge is -2.61. The maximum Gasteiger partial charge on any atom is 0.307 e. The minimum absolute atomic E-state index is 0.194. The third kappa shape index (κ3) is 1.11. The fourth-order valence-electron chi connectivity index (χ4n) is 3.52. The summed E-state index contributed by atoms with van der Waals surface area (Å²) in [6.07, 6.45) is 2.11. The lowest BCUT2D eigenvalue weighted by Crippen LogP contribution is -2.58. The zero-order chi connectivity index (χ0) is 10.5. The van der Waals surface area contributed by atoms with Crippen LogP contribution in [0.3, 0.4) is 0 Å². The van der Waals surface area contributed by atoms with Gasteiger partial charge in [-0.25, -0.2) is 0 Å². The van der Waals surface area contributed by atoms with E-state index in [4.69, 9.17) is 5.73 Å². The van der Waals surface area contributed by atoms with Crippen molar-refractivity contribution in [2.45, 2.75) is 26.7 Å². The van der Waals surface area contributed by atoms with Crippen molar-refractivity contribution in [3.05, 3.63) is 0 Å². The first-order valence-electron chi connectivity index (χ1n) is 5.41. The molecule has 80 valence electrons. The van der Waals surface area contributed by atoms with Gasteiger partial charge in [0.1, 0.15) is 0 Å². The Hall–Kier alpha value is -0.570. The van der Waals surface area contributed by atoms with Crippen molar-refractivity contribution in [2.24, 2.45) is 34.8 Å². The van der Waals surface area contributed by atoms with Crippen LogP contribution in [0.2, 0.25) is 0 Å². The minimum atomic E-state index is -0.642. The number of aliphatic carboxylic acids is 1. The number of carbonyl (C=O) groups is 1. The topological polar surface area (TPSA) is 63.3 Å². The highest BCUT2D eigenvalue weighted by molar-refractivity contribution is 5.71. The molecule has 0 aromatic carbocycles. The molecule has 0 aromatic heterocycles. The highest BCUT2D eigenvalue weighted by atomic mass is 16.4. The van der Waals surface area contributed by atoms with E-state index >= 15 is 0 Å². The highest BCUT2D eigenvalue weighted by Crippen LogP contribution is 2.62. The van der Waals surface area contributed by atoms with Gasteiger partial charge in [-0.05, 0) is 42.6 Å². The van der Waals surface area contributed by atoms with Gasteiger partial charge < -0.3 is 10.8 Å². The summed E-state index contributed by atoms with van der Waals surface area (Å²) in [5.41, 5.74) is 5.87. The summed E-state index contributed by atoms with van der Waals surface area (Å²) in [5.74, 6) is 0.435. The minimum Gasteiger partial charge on any atom is -0.481 e. The molecule has 0 unspecified atom stereocenters. The average Bonchev–Trinajstić information content (AvgIpc) is 2.16. The number of fused-ring (bicyclic) bond motifs is 2. The number of carboxylic acids is 1. The summed E-state index contributed by atoms with van der Waals surface area (Å²) in [6.45, 7) is 4.93. The largest absolute Gasteiger partial charge is 0.481 e. The van der Waals surface area contributed by atoms with E-state index in [0.717, 1.165) is 12.8 Å². The third-order valence-corrected chi connectivity index (χ3v) is 4.66. The second kappa shape index (κ2) is 2.96. The van der Waals surface area contributed by atoms with Crippen molar-refractivity contribution in [1.82, 2.24) is 0 Å². The SMILES string of the molecule is CC1(C)[C@H]2C[C@H](CN)[C@@H](C(=O)O)[C@@H]1C2. The van der Waals surface area contributed by atoms with Crippen LogP contribution in [-0.4, -0.2) is 17.6 Å². The Labute approximate surface area is 84.7 Å². The predicted octanol–water partition coefficient (Wildman–Crippen LogP) is 1.33. The van der Waals surface area contributed by atoms with Crippen molar-refractivity contribution in [3.63, 3.8) is 0 Å². The molecule has 0 amide bonds. The lowest BCUT2D eigenvalue weighted by atomic mass is 9.43. The molecule has 0 saturated heterocycles. The molecule has 3 fully saturated rings. The van der Waals surface area contributed by atoms with E-state index in [9.17, 15) is 9.90 Å². The van der Waals surface area contributed by atoms with Crippen molar-refractivity contribution in [2.75, 3.05) is 6.54 Å². The number of nitrogens with two attached hydrogens (primary N) is 1. The van der Waals surface area contributed by atoms with E-state index < -0.39 is 5.97 Å². The quantitative estimate of drug-likeness (QED) is 0.702. The van der Waals surface area contributed by atoms with Gasteiger partial charge in [0.15, 0.2) is 0 Å². The van der Waals surface area contributed by atoms with E-state index in [0.29, 0.717) is 18.4 Å². The Morgan fingerprint density at radius 2 is 2.14 bits per heavy atom. The Bertz CT molecular complexity index is 262. The molecular weight excluding hydrogens is 178 g/mol. The maximum absolute atomic E-state index is 11.2. The monoisotopic (exact) mass is 197 g/mol.